The summed E-state index contributed by atoms with van der Waals surface area (Å²) >= 11 is 0. The number of halogens is 2. The highest BCUT2D eigenvalue weighted by Gasteiger charge is 2.25. The van der Waals surface area contributed by atoms with Gasteiger partial charge in [-0.25, -0.2) is 26.9 Å². The normalized spacial score (nSPS) is 12.9. The molecule has 4 rings (SSSR count). The number of hydrogen-bond acceptors (Lipinski definition) is 3. The minimum Gasteiger partial charge on any atom is -0.329 e. The minimum atomic E-state index is -4.16. The Balaban J connectivity index is 1.73. The van der Waals surface area contributed by atoms with Gasteiger partial charge in [0.05, 0.1) is 23.4 Å². The number of sulfonamides is 1. The molecule has 4 aromatic rings. The molecule has 0 bridgehead atoms. The zero-order valence-electron chi connectivity index (χ0n) is 15.2. The summed E-state index contributed by atoms with van der Waals surface area (Å²) in [5.74, 6) is -1.27. The molecule has 1 N–H and O–H groups in total. The van der Waals surface area contributed by atoms with Crippen molar-refractivity contribution in [3.8, 4) is 0 Å². The predicted molar refractivity (Wildman–Crippen MR) is 106 cm³/mol. The number of imidazole rings is 1. The zero-order chi connectivity index (χ0) is 20.4. The third-order valence-corrected chi connectivity index (χ3v) is 6.11. The van der Waals surface area contributed by atoms with Gasteiger partial charge in [-0.3, -0.25) is 0 Å². The standard InChI is InChI=1S/C21H17F2N3O2S/c22-16-11-9-15(10-12-16)19(13-26-14-24-18-6-2-3-7-20(18)26)25-29(27,28)21-8-4-1-5-17(21)23/h1-12,14,19,25H,13H2. The van der Waals surface area contributed by atoms with Crippen LogP contribution < -0.4 is 4.72 Å². The van der Waals surface area contributed by atoms with Crippen LogP contribution in [0.4, 0.5) is 8.78 Å². The van der Waals surface area contributed by atoms with Crippen molar-refractivity contribution in [2.75, 3.05) is 0 Å². The molecule has 0 fully saturated rings. The fraction of sp³-hybridized carbons (Fsp3) is 0.0952. The molecule has 0 radical (unpaired) electrons. The van der Waals surface area contributed by atoms with Crippen LogP contribution in [-0.4, -0.2) is 18.0 Å². The van der Waals surface area contributed by atoms with E-state index in [1.807, 2.05) is 24.3 Å². The molecule has 0 aliphatic rings. The van der Waals surface area contributed by atoms with Gasteiger partial charge in [0.1, 0.15) is 16.5 Å². The van der Waals surface area contributed by atoms with E-state index in [1.165, 1.54) is 42.5 Å². The third kappa shape index (κ3) is 4.03. The molecule has 8 heteroatoms. The average Bonchev–Trinajstić information content (AvgIpc) is 3.11. The lowest BCUT2D eigenvalue weighted by Crippen LogP contribution is -2.32. The topological polar surface area (TPSA) is 64.0 Å². The Bertz CT molecular complexity index is 1250. The van der Waals surface area contributed by atoms with Crippen LogP contribution in [0.25, 0.3) is 11.0 Å². The Labute approximate surface area is 166 Å². The molecule has 0 saturated carbocycles. The fourth-order valence-electron chi connectivity index (χ4n) is 3.17. The summed E-state index contributed by atoms with van der Waals surface area (Å²) in [6.45, 7) is 0.194. The number of hydrogen-bond donors (Lipinski definition) is 1. The lowest BCUT2D eigenvalue weighted by atomic mass is 10.1. The summed E-state index contributed by atoms with van der Waals surface area (Å²) in [6, 6.07) is 17.3. The van der Waals surface area contributed by atoms with Gasteiger partial charge >= 0.3 is 0 Å². The van der Waals surface area contributed by atoms with E-state index in [-0.39, 0.29) is 6.54 Å². The van der Waals surface area contributed by atoms with Crippen LogP contribution in [0.1, 0.15) is 11.6 Å². The van der Waals surface area contributed by atoms with E-state index in [0.29, 0.717) is 5.56 Å². The Morgan fingerprint density at radius 1 is 0.931 bits per heavy atom. The van der Waals surface area contributed by atoms with Gasteiger partial charge in [-0.15, -0.1) is 0 Å². The molecule has 1 aromatic heterocycles. The van der Waals surface area contributed by atoms with E-state index in [1.54, 1.807) is 10.9 Å². The van der Waals surface area contributed by atoms with Crippen LogP contribution >= 0.6 is 0 Å². The highest BCUT2D eigenvalue weighted by atomic mass is 32.2. The number of aromatic nitrogens is 2. The lowest BCUT2D eigenvalue weighted by molar-refractivity contribution is 0.508. The number of nitrogens with zero attached hydrogens (tertiary/aromatic N) is 2. The predicted octanol–water partition coefficient (Wildman–Crippen LogP) is 4.03. The molecular formula is C21H17F2N3O2S. The van der Waals surface area contributed by atoms with Gasteiger partial charge in [0, 0.05) is 6.54 Å². The largest absolute Gasteiger partial charge is 0.329 e. The molecule has 0 aliphatic heterocycles. The van der Waals surface area contributed by atoms with Gasteiger partial charge in [-0.2, -0.15) is 0 Å². The summed E-state index contributed by atoms with van der Waals surface area (Å²) in [6.07, 6.45) is 1.61. The maximum absolute atomic E-state index is 14.1. The fourth-order valence-corrected chi connectivity index (χ4v) is 4.47. The molecule has 0 saturated heterocycles. The summed E-state index contributed by atoms with van der Waals surface area (Å²) in [5, 5.41) is 0. The van der Waals surface area contributed by atoms with Crippen LogP contribution in [-0.2, 0) is 16.6 Å². The second-order valence-electron chi connectivity index (χ2n) is 6.54. The molecule has 1 atom stereocenters. The Morgan fingerprint density at radius 2 is 1.62 bits per heavy atom. The van der Waals surface area contributed by atoms with E-state index in [9.17, 15) is 17.2 Å². The van der Waals surface area contributed by atoms with Crippen molar-refractivity contribution in [3.05, 3.63) is 96.3 Å². The van der Waals surface area contributed by atoms with E-state index in [2.05, 4.69) is 9.71 Å². The Hall–Kier alpha value is -3.10. The van der Waals surface area contributed by atoms with Crippen LogP contribution in [0.5, 0.6) is 0 Å². The summed E-state index contributed by atoms with van der Waals surface area (Å²) in [5.41, 5.74) is 2.14. The minimum absolute atomic E-state index is 0.194. The number of nitrogens with one attached hydrogen (secondary N) is 1. The number of benzene rings is 3. The van der Waals surface area contributed by atoms with Crippen LogP contribution in [0.15, 0.2) is 84.0 Å². The number of rotatable bonds is 6. The van der Waals surface area contributed by atoms with Crippen molar-refractivity contribution < 1.29 is 17.2 Å². The summed E-state index contributed by atoms with van der Waals surface area (Å²) in [7, 11) is -4.16. The van der Waals surface area contributed by atoms with Crippen molar-refractivity contribution in [2.24, 2.45) is 0 Å². The first-order chi connectivity index (χ1) is 13.9. The molecule has 1 heterocycles. The van der Waals surface area contributed by atoms with Crippen LogP contribution in [0.2, 0.25) is 0 Å². The number of fused-ring (bicyclic) bond motifs is 1. The number of para-hydroxylation sites is 2. The first-order valence-electron chi connectivity index (χ1n) is 8.86. The van der Waals surface area contributed by atoms with E-state index >= 15 is 0 Å². The Morgan fingerprint density at radius 3 is 2.38 bits per heavy atom. The van der Waals surface area contributed by atoms with Crippen LogP contribution in [0.3, 0.4) is 0 Å². The van der Waals surface area contributed by atoms with Crippen LogP contribution in [0, 0.1) is 11.6 Å². The lowest BCUT2D eigenvalue weighted by Gasteiger charge is -2.20. The van der Waals surface area contributed by atoms with Crippen molar-refractivity contribution in [3.63, 3.8) is 0 Å². The molecule has 5 nitrogen and oxygen atoms in total. The van der Waals surface area contributed by atoms with Crippen molar-refractivity contribution in [1.82, 2.24) is 14.3 Å². The molecule has 0 aliphatic carbocycles. The molecule has 0 spiro atoms. The highest BCUT2D eigenvalue weighted by molar-refractivity contribution is 7.89. The second-order valence-corrected chi connectivity index (χ2v) is 8.22. The van der Waals surface area contributed by atoms with Gasteiger partial charge in [0.2, 0.25) is 10.0 Å². The molecule has 29 heavy (non-hydrogen) atoms. The van der Waals surface area contributed by atoms with Gasteiger partial charge < -0.3 is 4.57 Å². The first-order valence-corrected chi connectivity index (χ1v) is 10.3. The average molecular weight is 413 g/mol. The second kappa shape index (κ2) is 7.73. The maximum atomic E-state index is 14.1. The van der Waals surface area contributed by atoms with Crippen molar-refractivity contribution in [1.29, 1.82) is 0 Å². The van der Waals surface area contributed by atoms with Crippen molar-refractivity contribution >= 4 is 21.1 Å². The molecule has 148 valence electrons. The first kappa shape index (κ1) is 19.2. The van der Waals surface area contributed by atoms with E-state index in [0.717, 1.165) is 17.1 Å². The third-order valence-electron chi connectivity index (χ3n) is 4.60. The zero-order valence-corrected chi connectivity index (χ0v) is 16.0. The van der Waals surface area contributed by atoms with Gasteiger partial charge in [-0.1, -0.05) is 36.4 Å². The molecule has 1 unspecified atom stereocenters. The smallest absolute Gasteiger partial charge is 0.244 e. The van der Waals surface area contributed by atoms with Gasteiger partial charge in [-0.05, 0) is 42.0 Å². The van der Waals surface area contributed by atoms with Gasteiger partial charge in [0.15, 0.2) is 0 Å². The van der Waals surface area contributed by atoms with E-state index < -0.39 is 32.6 Å². The summed E-state index contributed by atoms with van der Waals surface area (Å²) in [4.78, 5) is 3.87. The highest BCUT2D eigenvalue weighted by Crippen LogP contribution is 2.23. The monoisotopic (exact) mass is 413 g/mol. The SMILES string of the molecule is O=S(=O)(NC(Cn1cnc2ccccc21)c1ccc(F)cc1)c1ccccc1F. The maximum Gasteiger partial charge on any atom is 0.244 e. The van der Waals surface area contributed by atoms with Gasteiger partial charge in [0.25, 0.3) is 0 Å². The van der Waals surface area contributed by atoms with E-state index in [4.69, 9.17) is 0 Å². The summed E-state index contributed by atoms with van der Waals surface area (Å²) < 4.78 is 57.5. The molecular weight excluding hydrogens is 396 g/mol. The quantitative estimate of drug-likeness (QED) is 0.519. The molecule has 0 amide bonds. The Kier molecular flexibility index (Phi) is 5.12. The molecule has 3 aromatic carbocycles. The van der Waals surface area contributed by atoms with Crippen molar-refractivity contribution in [2.45, 2.75) is 17.5 Å².